The van der Waals surface area contributed by atoms with Gasteiger partial charge >= 0.3 is 0 Å². The lowest BCUT2D eigenvalue weighted by Gasteiger charge is -2.08. The van der Waals surface area contributed by atoms with E-state index >= 15 is 0 Å². The minimum absolute atomic E-state index is 0.0300. The van der Waals surface area contributed by atoms with Crippen LogP contribution in [0.1, 0.15) is 40.1 Å². The molecule has 5 nitrogen and oxygen atoms in total. The summed E-state index contributed by atoms with van der Waals surface area (Å²) in [5.41, 5.74) is 3.03. The number of thiophene rings is 1. The number of amides is 2. The summed E-state index contributed by atoms with van der Waals surface area (Å²) < 4.78 is 0. The van der Waals surface area contributed by atoms with E-state index < -0.39 is 0 Å². The number of ketones is 1. The molecular weight excluding hydrogens is 336 g/mol. The lowest BCUT2D eigenvalue weighted by Crippen LogP contribution is -2.27. The molecule has 132 valence electrons. The van der Waals surface area contributed by atoms with Crippen molar-refractivity contribution in [3.05, 3.63) is 51.7 Å². The van der Waals surface area contributed by atoms with Gasteiger partial charge < -0.3 is 10.6 Å². The van der Waals surface area contributed by atoms with Gasteiger partial charge in [0.05, 0.1) is 4.88 Å². The molecular formula is C19H22N2O3S. The highest BCUT2D eigenvalue weighted by atomic mass is 32.1. The number of aryl methyl sites for hydroxylation is 2. The summed E-state index contributed by atoms with van der Waals surface area (Å²) in [4.78, 5) is 36.1. The summed E-state index contributed by atoms with van der Waals surface area (Å²) in [6.07, 6.45) is 0.508. The molecule has 0 saturated carbocycles. The molecule has 6 heteroatoms. The third-order valence-electron chi connectivity index (χ3n) is 3.84. The molecule has 0 radical (unpaired) electrons. The highest BCUT2D eigenvalue weighted by Crippen LogP contribution is 2.14. The average molecular weight is 358 g/mol. The molecule has 0 aliphatic carbocycles. The Morgan fingerprint density at radius 2 is 1.76 bits per heavy atom. The maximum atomic E-state index is 11.9. The zero-order valence-corrected chi connectivity index (χ0v) is 15.2. The first kappa shape index (κ1) is 18.9. The van der Waals surface area contributed by atoms with Crippen LogP contribution in [0.3, 0.4) is 0 Å². The van der Waals surface area contributed by atoms with Crippen LogP contribution in [0, 0.1) is 13.8 Å². The zero-order chi connectivity index (χ0) is 18.2. The minimum Gasteiger partial charge on any atom is -0.356 e. The summed E-state index contributed by atoms with van der Waals surface area (Å²) in [6.45, 7) is 4.26. The average Bonchev–Trinajstić information content (AvgIpc) is 3.10. The van der Waals surface area contributed by atoms with Gasteiger partial charge in [-0.3, -0.25) is 14.4 Å². The second kappa shape index (κ2) is 9.13. The van der Waals surface area contributed by atoms with E-state index in [0.29, 0.717) is 4.88 Å². The highest BCUT2D eigenvalue weighted by Gasteiger charge is 2.10. The number of nitrogens with one attached hydrogen (secondary N) is 2. The lowest BCUT2D eigenvalue weighted by atomic mass is 10.1. The second-order valence-electron chi connectivity index (χ2n) is 5.85. The van der Waals surface area contributed by atoms with Crippen LogP contribution in [-0.2, 0) is 9.59 Å². The van der Waals surface area contributed by atoms with Gasteiger partial charge in [-0.25, -0.2) is 0 Å². The van der Waals surface area contributed by atoms with Gasteiger partial charge in [0.1, 0.15) is 0 Å². The van der Waals surface area contributed by atoms with Crippen LogP contribution in [0.2, 0.25) is 0 Å². The standard InChI is InChI=1S/C19H22N2O3S/c1-13-5-6-15(12-14(13)2)21-19(24)9-10-20-18(23)8-7-16(22)17-4-3-11-25-17/h3-6,11-12H,7-10H2,1-2H3,(H,20,23)(H,21,24). The normalized spacial score (nSPS) is 10.3. The fraction of sp³-hybridized carbons (Fsp3) is 0.316. The Labute approximate surface area is 151 Å². The second-order valence-corrected chi connectivity index (χ2v) is 6.80. The number of carbonyl (C=O) groups is 3. The van der Waals surface area contributed by atoms with Crippen LogP contribution < -0.4 is 10.6 Å². The van der Waals surface area contributed by atoms with Gasteiger partial charge in [0.2, 0.25) is 11.8 Å². The third kappa shape index (κ3) is 6.15. The smallest absolute Gasteiger partial charge is 0.226 e. The Morgan fingerprint density at radius 1 is 0.960 bits per heavy atom. The molecule has 0 bridgehead atoms. The molecule has 0 saturated heterocycles. The van der Waals surface area contributed by atoms with Crippen molar-refractivity contribution in [3.8, 4) is 0 Å². The van der Waals surface area contributed by atoms with E-state index in [9.17, 15) is 14.4 Å². The van der Waals surface area contributed by atoms with Gasteiger partial charge in [-0.1, -0.05) is 12.1 Å². The van der Waals surface area contributed by atoms with Gasteiger partial charge in [-0.05, 0) is 48.6 Å². The van der Waals surface area contributed by atoms with Gasteiger partial charge in [-0.15, -0.1) is 11.3 Å². The summed E-state index contributed by atoms with van der Waals surface area (Å²) in [6, 6.07) is 9.29. The van der Waals surface area contributed by atoms with Gasteiger partial charge in [0.15, 0.2) is 5.78 Å². The molecule has 2 rings (SSSR count). The predicted octanol–water partition coefficient (Wildman–Crippen LogP) is 3.47. The monoisotopic (exact) mass is 358 g/mol. The molecule has 1 aromatic heterocycles. The fourth-order valence-electron chi connectivity index (χ4n) is 2.23. The van der Waals surface area contributed by atoms with Crippen LogP contribution in [0.25, 0.3) is 0 Å². The predicted molar refractivity (Wildman–Crippen MR) is 100 cm³/mol. The van der Waals surface area contributed by atoms with Crippen molar-refractivity contribution in [2.24, 2.45) is 0 Å². The molecule has 2 N–H and O–H groups in total. The number of hydrogen-bond acceptors (Lipinski definition) is 4. The molecule has 1 aromatic carbocycles. The van der Waals surface area contributed by atoms with E-state index in [2.05, 4.69) is 10.6 Å². The van der Waals surface area contributed by atoms with Crippen LogP contribution in [0.4, 0.5) is 5.69 Å². The summed E-state index contributed by atoms with van der Waals surface area (Å²) in [5, 5.41) is 7.32. The Balaban J connectivity index is 1.65. The van der Waals surface area contributed by atoms with Crippen molar-refractivity contribution < 1.29 is 14.4 Å². The van der Waals surface area contributed by atoms with E-state index in [1.807, 2.05) is 43.5 Å². The van der Waals surface area contributed by atoms with Crippen LogP contribution >= 0.6 is 11.3 Å². The minimum atomic E-state index is -0.219. The molecule has 0 aliphatic heterocycles. The molecule has 0 fully saturated rings. The van der Waals surface area contributed by atoms with Crippen LogP contribution in [0.5, 0.6) is 0 Å². The summed E-state index contributed by atoms with van der Waals surface area (Å²) >= 11 is 1.37. The van der Waals surface area contributed by atoms with Crippen molar-refractivity contribution in [1.29, 1.82) is 0 Å². The van der Waals surface area contributed by atoms with Crippen molar-refractivity contribution in [3.63, 3.8) is 0 Å². The van der Waals surface area contributed by atoms with E-state index in [1.54, 1.807) is 6.07 Å². The van der Waals surface area contributed by atoms with Gasteiger partial charge in [-0.2, -0.15) is 0 Å². The molecule has 0 unspecified atom stereocenters. The maximum Gasteiger partial charge on any atom is 0.226 e. The number of carbonyl (C=O) groups excluding carboxylic acids is 3. The number of benzene rings is 1. The van der Waals surface area contributed by atoms with Crippen LogP contribution in [0.15, 0.2) is 35.7 Å². The van der Waals surface area contributed by atoms with Gasteiger partial charge in [0, 0.05) is 31.5 Å². The van der Waals surface area contributed by atoms with Crippen molar-refractivity contribution in [1.82, 2.24) is 5.32 Å². The van der Waals surface area contributed by atoms with E-state index in [1.165, 1.54) is 16.9 Å². The zero-order valence-electron chi connectivity index (χ0n) is 14.4. The molecule has 25 heavy (non-hydrogen) atoms. The molecule has 0 aliphatic rings. The first-order valence-corrected chi connectivity index (χ1v) is 9.04. The third-order valence-corrected chi connectivity index (χ3v) is 4.75. The van der Waals surface area contributed by atoms with Crippen molar-refractivity contribution >= 4 is 34.6 Å². The Hall–Kier alpha value is -2.47. The van der Waals surface area contributed by atoms with E-state index in [0.717, 1.165) is 11.3 Å². The largest absolute Gasteiger partial charge is 0.356 e. The van der Waals surface area contributed by atoms with E-state index in [-0.39, 0.29) is 43.4 Å². The number of rotatable bonds is 8. The molecule has 2 amide bonds. The topological polar surface area (TPSA) is 75.3 Å². The van der Waals surface area contributed by atoms with Gasteiger partial charge in [0.25, 0.3) is 0 Å². The van der Waals surface area contributed by atoms with Crippen molar-refractivity contribution in [2.45, 2.75) is 33.1 Å². The highest BCUT2D eigenvalue weighted by molar-refractivity contribution is 7.12. The van der Waals surface area contributed by atoms with Crippen molar-refractivity contribution in [2.75, 3.05) is 11.9 Å². The fourth-order valence-corrected chi connectivity index (χ4v) is 2.93. The SMILES string of the molecule is Cc1ccc(NC(=O)CCNC(=O)CCC(=O)c2cccs2)cc1C. The summed E-state index contributed by atoms with van der Waals surface area (Å²) in [5.74, 6) is -0.403. The molecule has 2 aromatic rings. The quantitative estimate of drug-likeness (QED) is 0.710. The molecule has 0 atom stereocenters. The molecule has 1 heterocycles. The Bertz CT molecular complexity index is 754. The lowest BCUT2D eigenvalue weighted by molar-refractivity contribution is -0.121. The number of Topliss-reactive ketones (excluding diaryl/α,β-unsaturated/α-hetero) is 1. The first-order chi connectivity index (χ1) is 12.0. The Kier molecular flexibility index (Phi) is 6.89. The molecule has 0 spiro atoms. The first-order valence-electron chi connectivity index (χ1n) is 8.16. The number of hydrogen-bond donors (Lipinski definition) is 2. The van der Waals surface area contributed by atoms with E-state index in [4.69, 9.17) is 0 Å². The van der Waals surface area contributed by atoms with Crippen LogP contribution in [-0.4, -0.2) is 24.1 Å². The Morgan fingerprint density at radius 3 is 2.44 bits per heavy atom. The summed E-state index contributed by atoms with van der Waals surface area (Å²) in [7, 11) is 0. The maximum absolute atomic E-state index is 11.9. The number of anilines is 1.